The summed E-state index contributed by atoms with van der Waals surface area (Å²) in [6.07, 6.45) is 5.52. The SMILES string of the molecule is O=C(NC1CC1)[C@H]1C[C@]12CCN(C(=O)c1ccno1)C2. The number of nitrogens with zero attached hydrogens (tertiary/aromatic N) is 2. The molecule has 1 aliphatic heterocycles. The molecule has 6 nitrogen and oxygen atoms in total. The largest absolute Gasteiger partial charge is 0.353 e. The van der Waals surface area contributed by atoms with Crippen LogP contribution >= 0.6 is 0 Å². The number of aromatic nitrogens is 1. The van der Waals surface area contributed by atoms with Gasteiger partial charge in [-0.2, -0.15) is 0 Å². The number of rotatable bonds is 3. The third-order valence-corrected chi connectivity index (χ3v) is 4.75. The summed E-state index contributed by atoms with van der Waals surface area (Å²) in [6, 6.07) is 1.99. The molecule has 3 aliphatic rings. The van der Waals surface area contributed by atoms with Crippen LogP contribution in [-0.4, -0.2) is 41.0 Å². The smallest absolute Gasteiger partial charge is 0.292 e. The Bertz CT molecular complexity index is 552. The number of carbonyl (C=O) groups excluding carboxylic acids is 2. The quantitative estimate of drug-likeness (QED) is 0.885. The molecule has 6 heteroatoms. The summed E-state index contributed by atoms with van der Waals surface area (Å²) in [4.78, 5) is 26.0. The molecule has 2 saturated carbocycles. The highest BCUT2D eigenvalue weighted by Crippen LogP contribution is 2.58. The van der Waals surface area contributed by atoms with Crippen LogP contribution in [0.25, 0.3) is 0 Å². The Morgan fingerprint density at radius 3 is 3.00 bits per heavy atom. The number of carbonyl (C=O) groups is 2. The van der Waals surface area contributed by atoms with Gasteiger partial charge in [0.2, 0.25) is 11.7 Å². The van der Waals surface area contributed by atoms with Gasteiger partial charge in [-0.15, -0.1) is 0 Å². The maximum atomic E-state index is 12.2. The summed E-state index contributed by atoms with van der Waals surface area (Å²) in [5, 5.41) is 6.63. The van der Waals surface area contributed by atoms with Crippen molar-refractivity contribution in [1.29, 1.82) is 0 Å². The molecule has 4 rings (SSSR count). The van der Waals surface area contributed by atoms with Crippen LogP contribution < -0.4 is 5.32 Å². The van der Waals surface area contributed by atoms with E-state index in [4.69, 9.17) is 4.52 Å². The first-order valence-corrected chi connectivity index (χ1v) is 7.18. The summed E-state index contributed by atoms with van der Waals surface area (Å²) in [5.41, 5.74) is 0.0225. The molecular formula is C14H17N3O3. The Balaban J connectivity index is 1.39. The van der Waals surface area contributed by atoms with Crippen LogP contribution in [0.1, 0.15) is 36.2 Å². The van der Waals surface area contributed by atoms with Crippen molar-refractivity contribution >= 4 is 11.8 Å². The third kappa shape index (κ3) is 1.90. The van der Waals surface area contributed by atoms with Crippen molar-refractivity contribution in [1.82, 2.24) is 15.4 Å². The molecule has 2 heterocycles. The third-order valence-electron chi connectivity index (χ3n) is 4.75. The lowest BCUT2D eigenvalue weighted by molar-refractivity contribution is -0.123. The Hall–Kier alpha value is -1.85. The minimum Gasteiger partial charge on any atom is -0.353 e. The average Bonchev–Trinajstić information content (AvgIpc) is 3.23. The van der Waals surface area contributed by atoms with Crippen molar-refractivity contribution in [2.75, 3.05) is 13.1 Å². The van der Waals surface area contributed by atoms with Gasteiger partial charge in [0.05, 0.1) is 6.20 Å². The fourth-order valence-electron chi connectivity index (χ4n) is 3.25. The molecule has 2 aliphatic carbocycles. The van der Waals surface area contributed by atoms with Crippen molar-refractivity contribution in [3.63, 3.8) is 0 Å². The predicted octanol–water partition coefficient (Wildman–Crippen LogP) is 0.805. The van der Waals surface area contributed by atoms with E-state index in [1.807, 2.05) is 0 Å². The Morgan fingerprint density at radius 2 is 2.30 bits per heavy atom. The summed E-state index contributed by atoms with van der Waals surface area (Å²) < 4.78 is 4.91. The lowest BCUT2D eigenvalue weighted by atomic mass is 10.0. The van der Waals surface area contributed by atoms with E-state index in [9.17, 15) is 9.59 Å². The van der Waals surface area contributed by atoms with Crippen molar-refractivity contribution in [2.45, 2.75) is 31.7 Å². The number of hydrogen-bond acceptors (Lipinski definition) is 4. The summed E-state index contributed by atoms with van der Waals surface area (Å²) in [6.45, 7) is 1.36. The molecule has 2 atom stereocenters. The normalized spacial score (nSPS) is 31.6. The van der Waals surface area contributed by atoms with E-state index >= 15 is 0 Å². The van der Waals surface area contributed by atoms with Crippen LogP contribution in [0.15, 0.2) is 16.8 Å². The Morgan fingerprint density at radius 1 is 1.45 bits per heavy atom. The second kappa shape index (κ2) is 4.07. The zero-order valence-corrected chi connectivity index (χ0v) is 11.2. The summed E-state index contributed by atoms with van der Waals surface area (Å²) in [7, 11) is 0. The molecule has 0 radical (unpaired) electrons. The van der Waals surface area contributed by atoms with Crippen LogP contribution in [0.3, 0.4) is 0 Å². The zero-order valence-electron chi connectivity index (χ0n) is 11.2. The predicted molar refractivity (Wildman–Crippen MR) is 68.7 cm³/mol. The van der Waals surface area contributed by atoms with Crippen LogP contribution in [0.5, 0.6) is 0 Å². The molecule has 3 fully saturated rings. The molecule has 1 saturated heterocycles. The van der Waals surface area contributed by atoms with Gasteiger partial charge in [0.15, 0.2) is 0 Å². The van der Waals surface area contributed by atoms with Crippen molar-refractivity contribution in [3.05, 3.63) is 18.0 Å². The second-order valence-corrected chi connectivity index (χ2v) is 6.26. The fraction of sp³-hybridized carbons (Fsp3) is 0.643. The Kier molecular flexibility index (Phi) is 2.43. The molecule has 106 valence electrons. The molecule has 1 aromatic rings. The van der Waals surface area contributed by atoms with Crippen molar-refractivity contribution in [3.8, 4) is 0 Å². The molecule has 0 unspecified atom stereocenters. The molecular weight excluding hydrogens is 258 g/mol. The van der Waals surface area contributed by atoms with E-state index < -0.39 is 0 Å². The molecule has 1 N–H and O–H groups in total. The topological polar surface area (TPSA) is 75.4 Å². The van der Waals surface area contributed by atoms with E-state index in [2.05, 4.69) is 10.5 Å². The van der Waals surface area contributed by atoms with Gasteiger partial charge < -0.3 is 14.7 Å². The van der Waals surface area contributed by atoms with Gasteiger partial charge >= 0.3 is 0 Å². The van der Waals surface area contributed by atoms with Gasteiger partial charge in [-0.25, -0.2) is 0 Å². The lowest BCUT2D eigenvalue weighted by Crippen LogP contribution is -2.31. The van der Waals surface area contributed by atoms with Crippen molar-refractivity contribution < 1.29 is 14.1 Å². The fourth-order valence-corrected chi connectivity index (χ4v) is 3.25. The molecule has 20 heavy (non-hydrogen) atoms. The van der Waals surface area contributed by atoms with Gasteiger partial charge in [0, 0.05) is 36.5 Å². The number of likely N-dealkylation sites (tertiary alicyclic amines) is 1. The van der Waals surface area contributed by atoms with E-state index in [0.29, 0.717) is 19.1 Å². The maximum absolute atomic E-state index is 12.2. The van der Waals surface area contributed by atoms with Gasteiger partial charge in [-0.05, 0) is 25.7 Å². The minimum atomic E-state index is -0.118. The first kappa shape index (κ1) is 11.9. The summed E-state index contributed by atoms with van der Waals surface area (Å²) in [5.74, 6) is 0.436. The first-order chi connectivity index (χ1) is 9.68. The average molecular weight is 275 g/mol. The highest BCUT2D eigenvalue weighted by Gasteiger charge is 2.61. The van der Waals surface area contributed by atoms with Crippen LogP contribution in [0.4, 0.5) is 0 Å². The molecule has 1 aromatic heterocycles. The van der Waals surface area contributed by atoms with Gasteiger partial charge in [-0.3, -0.25) is 9.59 Å². The number of hydrogen-bond donors (Lipinski definition) is 1. The van der Waals surface area contributed by atoms with E-state index in [0.717, 1.165) is 25.7 Å². The monoisotopic (exact) mass is 275 g/mol. The van der Waals surface area contributed by atoms with Crippen LogP contribution in [0, 0.1) is 11.3 Å². The van der Waals surface area contributed by atoms with Crippen molar-refractivity contribution in [2.24, 2.45) is 11.3 Å². The summed E-state index contributed by atoms with van der Waals surface area (Å²) >= 11 is 0. The molecule has 1 spiro atoms. The second-order valence-electron chi connectivity index (χ2n) is 6.26. The van der Waals surface area contributed by atoms with Gasteiger partial charge in [-0.1, -0.05) is 5.16 Å². The van der Waals surface area contributed by atoms with Crippen LogP contribution in [0.2, 0.25) is 0 Å². The van der Waals surface area contributed by atoms with Crippen LogP contribution in [-0.2, 0) is 4.79 Å². The highest BCUT2D eigenvalue weighted by molar-refractivity contribution is 5.92. The number of amides is 2. The first-order valence-electron chi connectivity index (χ1n) is 7.18. The molecule has 0 bridgehead atoms. The van der Waals surface area contributed by atoms with E-state index in [1.54, 1.807) is 11.0 Å². The molecule has 2 amide bonds. The Labute approximate surface area is 116 Å². The van der Waals surface area contributed by atoms with E-state index in [-0.39, 0.29) is 28.9 Å². The number of nitrogens with one attached hydrogen (secondary N) is 1. The molecule has 0 aromatic carbocycles. The minimum absolute atomic E-state index is 0.0225. The van der Waals surface area contributed by atoms with Gasteiger partial charge in [0.25, 0.3) is 5.91 Å². The lowest BCUT2D eigenvalue weighted by Gasteiger charge is -2.14. The van der Waals surface area contributed by atoms with E-state index in [1.165, 1.54) is 6.20 Å². The standard InChI is InChI=1S/C14H17N3O3/c18-12(16-9-1-2-9)10-7-14(10)4-6-17(8-14)13(19)11-3-5-15-20-11/h3,5,9-10H,1-2,4,6-8H2,(H,16,18)/t10-,14+/m1/s1. The van der Waals surface area contributed by atoms with Gasteiger partial charge in [0.1, 0.15) is 0 Å². The zero-order chi connectivity index (χ0) is 13.7. The maximum Gasteiger partial charge on any atom is 0.292 e. The highest BCUT2D eigenvalue weighted by atomic mass is 16.5.